The molecule has 0 aliphatic carbocycles. The number of amides is 2. The smallest absolute Gasteiger partial charge is 0.254 e. The minimum Gasteiger partial charge on any atom is -0.350 e. The van der Waals surface area contributed by atoms with Gasteiger partial charge >= 0.3 is 0 Å². The normalized spacial score (nSPS) is 9.95. The molecule has 2 amide bonds. The molecule has 0 aliphatic rings. The fourth-order valence-electron chi connectivity index (χ4n) is 1.69. The standard InChI is InChI=1S/C15H14FN3O2/c16-13-6-2-1-5-12(13)15(21)19-9-8-18-14(20)11-4-3-7-17-10-11/h1-7,10H,8-9H2,(H,18,20)(H,19,21). The minimum absolute atomic E-state index is 0.0175. The van der Waals surface area contributed by atoms with Crippen LogP contribution in [-0.2, 0) is 0 Å². The first-order valence-electron chi connectivity index (χ1n) is 6.39. The number of nitrogens with one attached hydrogen (secondary N) is 2. The first-order valence-corrected chi connectivity index (χ1v) is 6.39. The molecule has 2 N–H and O–H groups in total. The number of aromatic nitrogens is 1. The van der Waals surface area contributed by atoms with Crippen molar-refractivity contribution in [1.82, 2.24) is 15.6 Å². The summed E-state index contributed by atoms with van der Waals surface area (Å²) in [6.07, 6.45) is 3.03. The Balaban J connectivity index is 1.76. The van der Waals surface area contributed by atoms with Gasteiger partial charge in [0, 0.05) is 25.5 Å². The number of hydrogen-bond acceptors (Lipinski definition) is 3. The Kier molecular flexibility index (Phi) is 4.98. The molecule has 0 saturated heterocycles. The molecule has 2 rings (SSSR count). The van der Waals surface area contributed by atoms with Crippen LogP contribution in [0.3, 0.4) is 0 Å². The highest BCUT2D eigenvalue weighted by Gasteiger charge is 2.10. The van der Waals surface area contributed by atoms with Crippen molar-refractivity contribution in [2.45, 2.75) is 0 Å². The molecule has 108 valence electrons. The van der Waals surface area contributed by atoms with E-state index in [4.69, 9.17) is 0 Å². The second kappa shape index (κ2) is 7.14. The highest BCUT2D eigenvalue weighted by molar-refractivity contribution is 5.95. The highest BCUT2D eigenvalue weighted by Crippen LogP contribution is 2.05. The number of nitrogens with zero attached hydrogens (tertiary/aromatic N) is 1. The predicted molar refractivity (Wildman–Crippen MR) is 75.3 cm³/mol. The summed E-state index contributed by atoms with van der Waals surface area (Å²) < 4.78 is 13.4. The summed E-state index contributed by atoms with van der Waals surface area (Å²) in [5, 5.41) is 5.17. The first-order chi connectivity index (χ1) is 10.2. The maximum atomic E-state index is 13.4. The summed E-state index contributed by atoms with van der Waals surface area (Å²) in [5.74, 6) is -1.36. The summed E-state index contributed by atoms with van der Waals surface area (Å²) in [7, 11) is 0. The van der Waals surface area contributed by atoms with Crippen LogP contribution in [0.1, 0.15) is 20.7 Å². The monoisotopic (exact) mass is 287 g/mol. The van der Waals surface area contributed by atoms with Gasteiger partial charge in [-0.1, -0.05) is 12.1 Å². The lowest BCUT2D eigenvalue weighted by Crippen LogP contribution is -2.35. The molecule has 2 aromatic rings. The van der Waals surface area contributed by atoms with Crippen LogP contribution in [0.5, 0.6) is 0 Å². The molecule has 0 aliphatic heterocycles. The number of carbonyl (C=O) groups is 2. The lowest BCUT2D eigenvalue weighted by Gasteiger charge is -2.07. The van der Waals surface area contributed by atoms with Crippen LogP contribution in [0, 0.1) is 5.82 Å². The molecule has 0 unspecified atom stereocenters. The molecule has 1 aromatic carbocycles. The Labute approximate surface area is 121 Å². The Morgan fingerprint density at radius 2 is 1.71 bits per heavy atom. The Morgan fingerprint density at radius 1 is 1.00 bits per heavy atom. The maximum absolute atomic E-state index is 13.4. The number of rotatable bonds is 5. The fraction of sp³-hybridized carbons (Fsp3) is 0.133. The van der Waals surface area contributed by atoms with Crippen molar-refractivity contribution < 1.29 is 14.0 Å². The summed E-state index contributed by atoms with van der Waals surface area (Å²) >= 11 is 0. The third-order valence-electron chi connectivity index (χ3n) is 2.74. The molecule has 0 saturated carbocycles. The largest absolute Gasteiger partial charge is 0.350 e. The molecule has 1 aromatic heterocycles. The molecule has 0 radical (unpaired) electrons. The molecule has 0 spiro atoms. The molecule has 6 heteroatoms. The van der Waals surface area contributed by atoms with Gasteiger partial charge in [-0.3, -0.25) is 14.6 Å². The van der Waals surface area contributed by atoms with E-state index in [1.54, 1.807) is 24.4 Å². The van der Waals surface area contributed by atoms with Gasteiger partial charge in [-0.2, -0.15) is 0 Å². The molecular formula is C15H14FN3O2. The van der Waals surface area contributed by atoms with E-state index in [9.17, 15) is 14.0 Å². The summed E-state index contributed by atoms with van der Waals surface area (Å²) in [6.45, 7) is 0.451. The number of halogens is 1. The van der Waals surface area contributed by atoms with Crippen molar-refractivity contribution in [3.05, 3.63) is 65.7 Å². The summed E-state index contributed by atoms with van der Waals surface area (Å²) in [5.41, 5.74) is 0.425. The molecule has 0 bridgehead atoms. The van der Waals surface area contributed by atoms with Crippen LogP contribution >= 0.6 is 0 Å². The van der Waals surface area contributed by atoms with Crippen LogP contribution in [-0.4, -0.2) is 29.9 Å². The molecule has 0 atom stereocenters. The van der Waals surface area contributed by atoms with Crippen molar-refractivity contribution in [3.63, 3.8) is 0 Å². The topological polar surface area (TPSA) is 71.1 Å². The minimum atomic E-state index is -0.575. The number of pyridine rings is 1. The van der Waals surface area contributed by atoms with Crippen LogP contribution in [0.4, 0.5) is 4.39 Å². The molecular weight excluding hydrogens is 273 g/mol. The van der Waals surface area contributed by atoms with Gasteiger partial charge in [0.05, 0.1) is 11.1 Å². The number of hydrogen-bond donors (Lipinski definition) is 2. The highest BCUT2D eigenvalue weighted by atomic mass is 19.1. The van der Waals surface area contributed by atoms with Crippen LogP contribution in [0.2, 0.25) is 0 Å². The van der Waals surface area contributed by atoms with Crippen molar-refractivity contribution in [1.29, 1.82) is 0 Å². The lowest BCUT2D eigenvalue weighted by molar-refractivity contribution is 0.0925. The Hall–Kier alpha value is -2.76. The Morgan fingerprint density at radius 3 is 2.38 bits per heavy atom. The van der Waals surface area contributed by atoms with E-state index in [-0.39, 0.29) is 24.6 Å². The first kappa shape index (κ1) is 14.6. The quantitative estimate of drug-likeness (QED) is 0.816. The van der Waals surface area contributed by atoms with Crippen molar-refractivity contribution in [3.8, 4) is 0 Å². The third kappa shape index (κ3) is 4.10. The molecule has 5 nitrogen and oxygen atoms in total. The SMILES string of the molecule is O=C(NCCNC(=O)c1ccccc1F)c1cccnc1. The second-order valence-electron chi connectivity index (χ2n) is 4.23. The average Bonchev–Trinajstić information content (AvgIpc) is 2.52. The second-order valence-corrected chi connectivity index (χ2v) is 4.23. The number of carbonyl (C=O) groups excluding carboxylic acids is 2. The van der Waals surface area contributed by atoms with Gasteiger partial charge in [-0.05, 0) is 24.3 Å². The summed E-state index contributed by atoms with van der Waals surface area (Å²) in [4.78, 5) is 27.2. The van der Waals surface area contributed by atoms with Crippen molar-refractivity contribution in [2.75, 3.05) is 13.1 Å². The van der Waals surface area contributed by atoms with E-state index < -0.39 is 11.7 Å². The average molecular weight is 287 g/mol. The maximum Gasteiger partial charge on any atom is 0.254 e. The molecule has 0 fully saturated rings. The van der Waals surface area contributed by atoms with Gasteiger partial charge in [0.15, 0.2) is 0 Å². The van der Waals surface area contributed by atoms with Gasteiger partial charge in [0.2, 0.25) is 0 Å². The van der Waals surface area contributed by atoms with E-state index in [0.29, 0.717) is 5.56 Å². The predicted octanol–water partition coefficient (Wildman–Crippen LogP) is 1.38. The van der Waals surface area contributed by atoms with Gasteiger partial charge in [0.1, 0.15) is 5.82 Å². The molecule has 21 heavy (non-hydrogen) atoms. The fourth-order valence-corrected chi connectivity index (χ4v) is 1.69. The molecule has 1 heterocycles. The number of benzene rings is 1. The zero-order valence-electron chi connectivity index (χ0n) is 11.2. The van der Waals surface area contributed by atoms with Gasteiger partial charge in [-0.25, -0.2) is 4.39 Å². The van der Waals surface area contributed by atoms with Gasteiger partial charge in [-0.15, -0.1) is 0 Å². The third-order valence-corrected chi connectivity index (χ3v) is 2.74. The van der Waals surface area contributed by atoms with Crippen LogP contribution in [0.25, 0.3) is 0 Å². The van der Waals surface area contributed by atoms with E-state index >= 15 is 0 Å². The van der Waals surface area contributed by atoms with E-state index in [1.165, 1.54) is 24.4 Å². The van der Waals surface area contributed by atoms with E-state index in [1.807, 2.05) is 0 Å². The zero-order chi connectivity index (χ0) is 15.1. The van der Waals surface area contributed by atoms with Crippen LogP contribution < -0.4 is 10.6 Å². The van der Waals surface area contributed by atoms with Crippen molar-refractivity contribution >= 4 is 11.8 Å². The van der Waals surface area contributed by atoms with Gasteiger partial charge < -0.3 is 10.6 Å². The van der Waals surface area contributed by atoms with Crippen LogP contribution in [0.15, 0.2) is 48.8 Å². The zero-order valence-corrected chi connectivity index (χ0v) is 11.2. The van der Waals surface area contributed by atoms with E-state index in [2.05, 4.69) is 15.6 Å². The Bertz CT molecular complexity index is 632. The lowest BCUT2D eigenvalue weighted by atomic mass is 10.2. The summed E-state index contributed by atoms with van der Waals surface area (Å²) in [6, 6.07) is 9.02. The van der Waals surface area contributed by atoms with Gasteiger partial charge in [0.25, 0.3) is 11.8 Å². The van der Waals surface area contributed by atoms with E-state index in [0.717, 1.165) is 0 Å². The van der Waals surface area contributed by atoms with Crippen molar-refractivity contribution in [2.24, 2.45) is 0 Å².